The van der Waals surface area contributed by atoms with Crippen LogP contribution in [0, 0.1) is 6.92 Å². The third-order valence-corrected chi connectivity index (χ3v) is 6.23. The highest BCUT2D eigenvalue weighted by Crippen LogP contribution is 2.42. The Morgan fingerprint density at radius 1 is 1.12 bits per heavy atom. The Labute approximate surface area is 177 Å². The lowest BCUT2D eigenvalue weighted by atomic mass is 10.0. The minimum Gasteiger partial charge on any atom is -0.360 e. The largest absolute Gasteiger partial charge is 0.360 e. The predicted molar refractivity (Wildman–Crippen MR) is 122 cm³/mol. The molecule has 0 radical (unpaired) electrons. The number of guanidine groups is 1. The lowest BCUT2D eigenvalue weighted by Gasteiger charge is -2.37. The summed E-state index contributed by atoms with van der Waals surface area (Å²) < 4.78 is 0. The number of nitrogens with zero attached hydrogens (tertiary/aromatic N) is 3. The Balaban J connectivity index is 0.00000196. The van der Waals surface area contributed by atoms with Gasteiger partial charge in [-0.05, 0) is 42.0 Å². The van der Waals surface area contributed by atoms with Crippen molar-refractivity contribution in [3.05, 3.63) is 52.9 Å². The molecular formula is C20H27IN4S. The Bertz CT molecular complexity index is 738. The Hall–Kier alpha value is -1.28. The molecule has 1 aromatic carbocycles. The molecule has 1 N–H and O–H groups in total. The molecule has 26 heavy (non-hydrogen) atoms. The van der Waals surface area contributed by atoms with Gasteiger partial charge in [0.1, 0.15) is 0 Å². The first kappa shape index (κ1) is 19.5. The summed E-state index contributed by atoms with van der Waals surface area (Å²) in [5.74, 6) is 1.69. The molecule has 0 amide bonds. The summed E-state index contributed by atoms with van der Waals surface area (Å²) in [6.45, 7) is 6.39. The van der Waals surface area contributed by atoms with Crippen molar-refractivity contribution >= 4 is 46.3 Å². The fourth-order valence-electron chi connectivity index (χ4n) is 3.75. The van der Waals surface area contributed by atoms with Crippen LogP contribution in [-0.2, 0) is 0 Å². The second-order valence-corrected chi connectivity index (χ2v) is 7.85. The van der Waals surface area contributed by atoms with Gasteiger partial charge in [0.15, 0.2) is 5.96 Å². The van der Waals surface area contributed by atoms with E-state index in [0.29, 0.717) is 12.0 Å². The molecule has 2 aliphatic rings. The van der Waals surface area contributed by atoms with Crippen LogP contribution in [0.1, 0.15) is 23.5 Å². The number of aryl methyl sites for hydroxylation is 1. The summed E-state index contributed by atoms with van der Waals surface area (Å²) in [6, 6.07) is 13.6. The summed E-state index contributed by atoms with van der Waals surface area (Å²) >= 11 is 1.83. The van der Waals surface area contributed by atoms with Crippen LogP contribution in [0.15, 0.2) is 46.8 Å². The van der Waals surface area contributed by atoms with E-state index in [1.54, 1.807) is 0 Å². The van der Waals surface area contributed by atoms with E-state index in [1.165, 1.54) is 22.5 Å². The van der Waals surface area contributed by atoms with Gasteiger partial charge in [-0.2, -0.15) is 0 Å². The van der Waals surface area contributed by atoms with Crippen molar-refractivity contribution in [1.29, 1.82) is 0 Å². The Morgan fingerprint density at radius 2 is 1.88 bits per heavy atom. The molecule has 6 heteroatoms. The van der Waals surface area contributed by atoms with Crippen LogP contribution in [0.3, 0.4) is 0 Å². The third-order valence-electron chi connectivity index (χ3n) is 5.30. The van der Waals surface area contributed by atoms with Gasteiger partial charge in [-0.25, -0.2) is 0 Å². The zero-order valence-corrected chi connectivity index (χ0v) is 18.5. The van der Waals surface area contributed by atoms with E-state index < -0.39 is 0 Å². The predicted octanol–water partition coefficient (Wildman–Crippen LogP) is 3.93. The van der Waals surface area contributed by atoms with Gasteiger partial charge in [0, 0.05) is 45.2 Å². The quantitative estimate of drug-likeness (QED) is 0.409. The SMILES string of the molecule is CN=C(NC1CC1c1ccccc1C)N1CCN(c2cccs2)CC1.I. The maximum absolute atomic E-state index is 4.55. The summed E-state index contributed by atoms with van der Waals surface area (Å²) in [6.07, 6.45) is 1.21. The van der Waals surface area contributed by atoms with Crippen molar-refractivity contribution in [3.63, 3.8) is 0 Å². The van der Waals surface area contributed by atoms with Gasteiger partial charge in [0.05, 0.1) is 5.00 Å². The van der Waals surface area contributed by atoms with Crippen molar-refractivity contribution in [2.45, 2.75) is 25.3 Å². The third kappa shape index (κ3) is 4.17. The summed E-state index contributed by atoms with van der Waals surface area (Å²) in [7, 11) is 1.90. The number of benzene rings is 1. The molecule has 140 valence electrons. The molecule has 2 aromatic rings. The van der Waals surface area contributed by atoms with Crippen molar-refractivity contribution in [3.8, 4) is 0 Å². The molecule has 4 nitrogen and oxygen atoms in total. The standard InChI is InChI=1S/C20H26N4S.HI/c1-15-6-3-4-7-16(15)17-14-18(17)22-20(21-2)24-11-9-23(10-12-24)19-8-5-13-25-19;/h3-8,13,17-18H,9-12,14H2,1-2H3,(H,21,22);1H. The number of halogens is 1. The molecule has 1 saturated carbocycles. The van der Waals surface area contributed by atoms with Gasteiger partial charge in [-0.15, -0.1) is 35.3 Å². The van der Waals surface area contributed by atoms with Crippen LogP contribution >= 0.6 is 35.3 Å². The molecule has 2 unspecified atom stereocenters. The average molecular weight is 482 g/mol. The van der Waals surface area contributed by atoms with Crippen LogP contribution in [-0.4, -0.2) is 50.1 Å². The van der Waals surface area contributed by atoms with Gasteiger partial charge >= 0.3 is 0 Å². The highest BCUT2D eigenvalue weighted by atomic mass is 127. The lowest BCUT2D eigenvalue weighted by molar-refractivity contribution is 0.373. The van der Waals surface area contributed by atoms with Crippen LogP contribution in [0.25, 0.3) is 0 Å². The minimum atomic E-state index is 0. The second-order valence-electron chi connectivity index (χ2n) is 6.92. The number of hydrogen-bond acceptors (Lipinski definition) is 3. The zero-order chi connectivity index (χ0) is 17.2. The van der Waals surface area contributed by atoms with E-state index in [-0.39, 0.29) is 24.0 Å². The summed E-state index contributed by atoms with van der Waals surface area (Å²) in [5.41, 5.74) is 2.88. The van der Waals surface area contributed by atoms with Crippen molar-refractivity contribution in [2.24, 2.45) is 4.99 Å². The fraction of sp³-hybridized carbons (Fsp3) is 0.450. The first-order valence-corrected chi connectivity index (χ1v) is 9.96. The molecule has 1 aliphatic carbocycles. The van der Waals surface area contributed by atoms with E-state index in [1.807, 2.05) is 18.4 Å². The molecule has 4 rings (SSSR count). The molecular weight excluding hydrogens is 455 g/mol. The maximum Gasteiger partial charge on any atom is 0.194 e. The molecule has 1 saturated heterocycles. The van der Waals surface area contributed by atoms with Gasteiger partial charge in [-0.1, -0.05) is 24.3 Å². The van der Waals surface area contributed by atoms with Gasteiger partial charge in [-0.3, -0.25) is 4.99 Å². The van der Waals surface area contributed by atoms with Crippen molar-refractivity contribution in [1.82, 2.24) is 10.2 Å². The first-order chi connectivity index (χ1) is 12.3. The second kappa shape index (κ2) is 8.61. The number of anilines is 1. The van der Waals surface area contributed by atoms with Crippen molar-refractivity contribution in [2.75, 3.05) is 38.1 Å². The topological polar surface area (TPSA) is 30.9 Å². The van der Waals surface area contributed by atoms with Crippen LogP contribution in [0.2, 0.25) is 0 Å². The highest BCUT2D eigenvalue weighted by Gasteiger charge is 2.40. The van der Waals surface area contributed by atoms with Crippen LogP contribution < -0.4 is 10.2 Å². The zero-order valence-electron chi connectivity index (χ0n) is 15.4. The number of rotatable bonds is 3. The normalized spacial score (nSPS) is 22.8. The lowest BCUT2D eigenvalue weighted by Crippen LogP contribution is -2.53. The maximum atomic E-state index is 4.55. The molecule has 1 aliphatic heterocycles. The molecule has 1 aromatic heterocycles. The number of piperazine rings is 1. The fourth-order valence-corrected chi connectivity index (χ4v) is 4.54. The Kier molecular flexibility index (Phi) is 6.45. The van der Waals surface area contributed by atoms with Gasteiger partial charge in [0.2, 0.25) is 0 Å². The monoisotopic (exact) mass is 482 g/mol. The van der Waals surface area contributed by atoms with Gasteiger partial charge < -0.3 is 15.1 Å². The van der Waals surface area contributed by atoms with Crippen LogP contribution in [0.4, 0.5) is 5.00 Å². The van der Waals surface area contributed by atoms with Crippen LogP contribution in [0.5, 0.6) is 0 Å². The van der Waals surface area contributed by atoms with E-state index in [9.17, 15) is 0 Å². The summed E-state index contributed by atoms with van der Waals surface area (Å²) in [4.78, 5) is 9.42. The average Bonchev–Trinajstić information content (AvgIpc) is 3.18. The van der Waals surface area contributed by atoms with E-state index in [4.69, 9.17) is 0 Å². The van der Waals surface area contributed by atoms with E-state index in [2.05, 4.69) is 68.8 Å². The number of nitrogens with one attached hydrogen (secondary N) is 1. The Morgan fingerprint density at radius 3 is 2.54 bits per heavy atom. The van der Waals surface area contributed by atoms with E-state index in [0.717, 1.165) is 32.1 Å². The smallest absolute Gasteiger partial charge is 0.194 e. The molecule has 2 heterocycles. The molecule has 0 spiro atoms. The highest BCUT2D eigenvalue weighted by molar-refractivity contribution is 14.0. The number of thiophene rings is 1. The van der Waals surface area contributed by atoms with Crippen molar-refractivity contribution < 1.29 is 0 Å². The molecule has 2 fully saturated rings. The van der Waals surface area contributed by atoms with E-state index >= 15 is 0 Å². The summed E-state index contributed by atoms with van der Waals surface area (Å²) in [5, 5.41) is 7.23. The number of aliphatic imine (C=N–C) groups is 1. The molecule has 2 atom stereocenters. The first-order valence-electron chi connectivity index (χ1n) is 9.08. The molecule has 0 bridgehead atoms. The number of hydrogen-bond donors (Lipinski definition) is 1. The minimum absolute atomic E-state index is 0. The van der Waals surface area contributed by atoms with Gasteiger partial charge in [0.25, 0.3) is 0 Å².